The number of halogens is 2. The molecule has 0 aliphatic heterocycles. The first-order chi connectivity index (χ1) is 8.99. The molecule has 0 radical (unpaired) electrons. The van der Waals surface area contributed by atoms with Gasteiger partial charge in [0, 0.05) is 29.2 Å². The molecule has 1 aromatic heterocycles. The van der Waals surface area contributed by atoms with Crippen molar-refractivity contribution in [2.24, 2.45) is 12.9 Å². The second-order valence-corrected chi connectivity index (χ2v) is 5.40. The van der Waals surface area contributed by atoms with E-state index in [2.05, 4.69) is 10.5 Å². The Labute approximate surface area is 122 Å². The summed E-state index contributed by atoms with van der Waals surface area (Å²) >= 11 is 12.0. The lowest BCUT2D eigenvalue weighted by atomic mass is 10.0. The van der Waals surface area contributed by atoms with E-state index in [0.29, 0.717) is 16.5 Å². The summed E-state index contributed by atoms with van der Waals surface area (Å²) in [5, 5.41) is 5.52. The molecule has 0 saturated carbocycles. The van der Waals surface area contributed by atoms with Gasteiger partial charge in [-0.3, -0.25) is 16.0 Å². The first-order valence-corrected chi connectivity index (χ1v) is 6.67. The minimum atomic E-state index is -0.0639. The van der Waals surface area contributed by atoms with Gasteiger partial charge in [0.2, 0.25) is 0 Å². The highest BCUT2D eigenvalue weighted by molar-refractivity contribution is 6.34. The molecule has 6 heteroatoms. The van der Waals surface area contributed by atoms with Crippen molar-refractivity contribution in [2.75, 3.05) is 0 Å². The molecule has 3 N–H and O–H groups in total. The minimum absolute atomic E-state index is 0.0639. The Balaban J connectivity index is 2.27. The lowest BCUT2D eigenvalue weighted by Crippen LogP contribution is -2.30. The number of hydrogen-bond donors (Lipinski definition) is 2. The fourth-order valence-electron chi connectivity index (χ4n) is 2.11. The van der Waals surface area contributed by atoms with Crippen molar-refractivity contribution in [2.45, 2.75) is 19.4 Å². The molecule has 1 atom stereocenters. The molecule has 0 saturated heterocycles. The molecule has 0 amide bonds. The van der Waals surface area contributed by atoms with E-state index in [4.69, 9.17) is 29.0 Å². The van der Waals surface area contributed by atoms with Gasteiger partial charge >= 0.3 is 0 Å². The molecule has 1 heterocycles. The molecule has 1 unspecified atom stereocenters. The Kier molecular flexibility index (Phi) is 4.47. The van der Waals surface area contributed by atoms with E-state index in [0.717, 1.165) is 17.0 Å². The van der Waals surface area contributed by atoms with E-state index in [1.807, 2.05) is 36.9 Å². The van der Waals surface area contributed by atoms with Crippen LogP contribution in [0, 0.1) is 6.92 Å². The number of benzene rings is 1. The van der Waals surface area contributed by atoms with Gasteiger partial charge < -0.3 is 0 Å². The smallest absolute Gasteiger partial charge is 0.0596 e. The van der Waals surface area contributed by atoms with Gasteiger partial charge in [-0.25, -0.2) is 0 Å². The minimum Gasteiger partial charge on any atom is -0.272 e. The van der Waals surface area contributed by atoms with Gasteiger partial charge in [-0.2, -0.15) is 5.10 Å². The highest BCUT2D eigenvalue weighted by atomic mass is 35.5. The Hall–Kier alpha value is -1.07. The average molecular weight is 299 g/mol. The van der Waals surface area contributed by atoms with Gasteiger partial charge in [0.1, 0.15) is 0 Å². The number of nitrogens with zero attached hydrogens (tertiary/aromatic N) is 2. The number of hydrogen-bond acceptors (Lipinski definition) is 3. The van der Waals surface area contributed by atoms with Crippen molar-refractivity contribution in [3.05, 3.63) is 51.3 Å². The van der Waals surface area contributed by atoms with Crippen LogP contribution in [0.15, 0.2) is 24.3 Å². The first-order valence-electron chi connectivity index (χ1n) is 5.91. The van der Waals surface area contributed by atoms with Crippen molar-refractivity contribution in [3.63, 3.8) is 0 Å². The summed E-state index contributed by atoms with van der Waals surface area (Å²) in [4.78, 5) is 0. The van der Waals surface area contributed by atoms with Gasteiger partial charge in [0.15, 0.2) is 0 Å². The van der Waals surface area contributed by atoms with E-state index in [9.17, 15) is 0 Å². The van der Waals surface area contributed by atoms with Gasteiger partial charge in [-0.15, -0.1) is 0 Å². The SMILES string of the molecule is Cc1cc(CC(NN)c2cc(Cl)cc(Cl)c2)n(C)n1. The lowest BCUT2D eigenvalue weighted by Gasteiger charge is -2.17. The van der Waals surface area contributed by atoms with Crippen LogP contribution in [0.5, 0.6) is 0 Å². The van der Waals surface area contributed by atoms with Crippen molar-refractivity contribution in [3.8, 4) is 0 Å². The highest BCUT2D eigenvalue weighted by Gasteiger charge is 2.14. The number of aryl methyl sites for hydroxylation is 2. The summed E-state index contributed by atoms with van der Waals surface area (Å²) in [6, 6.07) is 7.40. The van der Waals surface area contributed by atoms with Crippen molar-refractivity contribution in [1.82, 2.24) is 15.2 Å². The zero-order chi connectivity index (χ0) is 14.0. The molecular weight excluding hydrogens is 283 g/mol. The molecule has 0 fully saturated rings. The molecule has 0 spiro atoms. The maximum atomic E-state index is 6.02. The van der Waals surface area contributed by atoms with Gasteiger partial charge in [-0.1, -0.05) is 23.2 Å². The van der Waals surface area contributed by atoms with Crippen LogP contribution in [0.2, 0.25) is 10.0 Å². The summed E-state index contributed by atoms with van der Waals surface area (Å²) in [5.41, 5.74) is 5.83. The average Bonchev–Trinajstić information content (AvgIpc) is 2.63. The zero-order valence-corrected chi connectivity index (χ0v) is 12.3. The Morgan fingerprint density at radius 1 is 1.26 bits per heavy atom. The van der Waals surface area contributed by atoms with Crippen molar-refractivity contribution >= 4 is 23.2 Å². The van der Waals surface area contributed by atoms with E-state index < -0.39 is 0 Å². The van der Waals surface area contributed by atoms with Crippen LogP contribution in [0.1, 0.15) is 23.0 Å². The van der Waals surface area contributed by atoms with E-state index >= 15 is 0 Å². The summed E-state index contributed by atoms with van der Waals surface area (Å²) < 4.78 is 1.85. The maximum absolute atomic E-state index is 6.02. The largest absolute Gasteiger partial charge is 0.272 e. The predicted octanol–water partition coefficient (Wildman–Crippen LogP) is 2.78. The summed E-state index contributed by atoms with van der Waals surface area (Å²) in [5.74, 6) is 5.64. The first kappa shape index (κ1) is 14.3. The molecule has 4 nitrogen and oxygen atoms in total. The molecule has 0 aliphatic carbocycles. The van der Waals surface area contributed by atoms with Crippen LogP contribution in [-0.2, 0) is 13.5 Å². The summed E-state index contributed by atoms with van der Waals surface area (Å²) in [7, 11) is 1.92. The Morgan fingerprint density at radius 2 is 1.89 bits per heavy atom. The van der Waals surface area contributed by atoms with Crippen LogP contribution >= 0.6 is 23.2 Å². The van der Waals surface area contributed by atoms with Crippen LogP contribution in [0.4, 0.5) is 0 Å². The fraction of sp³-hybridized carbons (Fsp3) is 0.308. The van der Waals surface area contributed by atoms with Gasteiger partial charge in [0.05, 0.1) is 11.7 Å². The quantitative estimate of drug-likeness (QED) is 0.674. The van der Waals surface area contributed by atoms with Gasteiger partial charge in [0.25, 0.3) is 0 Å². The second kappa shape index (κ2) is 5.92. The molecule has 102 valence electrons. The van der Waals surface area contributed by atoms with E-state index in [1.54, 1.807) is 6.07 Å². The molecular formula is C13H16Cl2N4. The number of hydrazine groups is 1. The normalized spacial score (nSPS) is 12.7. The number of rotatable bonds is 4. The lowest BCUT2D eigenvalue weighted by molar-refractivity contribution is 0.530. The number of nitrogens with two attached hydrogens (primary N) is 1. The third-order valence-electron chi connectivity index (χ3n) is 3.00. The monoisotopic (exact) mass is 298 g/mol. The maximum Gasteiger partial charge on any atom is 0.0596 e. The molecule has 1 aromatic carbocycles. The van der Waals surface area contributed by atoms with Crippen molar-refractivity contribution in [1.29, 1.82) is 0 Å². The Bertz CT molecular complexity index is 560. The molecule has 2 aromatic rings. The third-order valence-corrected chi connectivity index (χ3v) is 3.44. The summed E-state index contributed by atoms with van der Waals surface area (Å²) in [6.45, 7) is 1.96. The second-order valence-electron chi connectivity index (χ2n) is 4.53. The molecule has 0 bridgehead atoms. The van der Waals surface area contributed by atoms with Crippen LogP contribution in [0.25, 0.3) is 0 Å². The third kappa shape index (κ3) is 3.48. The van der Waals surface area contributed by atoms with Crippen LogP contribution in [-0.4, -0.2) is 9.78 Å². The molecule has 2 rings (SSSR count). The van der Waals surface area contributed by atoms with Crippen LogP contribution in [0.3, 0.4) is 0 Å². The highest BCUT2D eigenvalue weighted by Crippen LogP contribution is 2.25. The molecule has 0 aliphatic rings. The topological polar surface area (TPSA) is 55.9 Å². The fourth-order valence-corrected chi connectivity index (χ4v) is 2.66. The van der Waals surface area contributed by atoms with E-state index in [-0.39, 0.29) is 6.04 Å². The standard InChI is InChI=1S/C13H16Cl2N4/c1-8-3-12(19(2)18-8)7-13(17-16)9-4-10(14)6-11(15)5-9/h3-6,13,17H,7,16H2,1-2H3. The predicted molar refractivity (Wildman–Crippen MR) is 78.2 cm³/mol. The Morgan fingerprint density at radius 3 is 2.37 bits per heavy atom. The van der Waals surface area contributed by atoms with Crippen LogP contribution < -0.4 is 11.3 Å². The summed E-state index contributed by atoms with van der Waals surface area (Å²) in [6.07, 6.45) is 0.713. The number of aromatic nitrogens is 2. The van der Waals surface area contributed by atoms with Crippen molar-refractivity contribution < 1.29 is 0 Å². The number of nitrogens with one attached hydrogen (secondary N) is 1. The van der Waals surface area contributed by atoms with Gasteiger partial charge in [-0.05, 0) is 36.8 Å². The van der Waals surface area contributed by atoms with E-state index in [1.165, 1.54) is 0 Å². The molecule has 19 heavy (non-hydrogen) atoms. The zero-order valence-electron chi connectivity index (χ0n) is 10.8.